The van der Waals surface area contributed by atoms with Crippen molar-refractivity contribution < 1.29 is 24.6 Å². The summed E-state index contributed by atoms with van der Waals surface area (Å²) in [4.78, 5) is 40.3. The summed E-state index contributed by atoms with van der Waals surface area (Å²) in [6.07, 6.45) is 1.92. The summed E-state index contributed by atoms with van der Waals surface area (Å²) in [5, 5.41) is 28.4. The van der Waals surface area contributed by atoms with Crippen LogP contribution in [0.1, 0.15) is 37.7 Å². The van der Waals surface area contributed by atoms with Gasteiger partial charge in [-0.1, -0.05) is 78.9 Å². The maximum atomic E-state index is 13.0. The number of carboxylic acids is 1. The summed E-state index contributed by atoms with van der Waals surface area (Å²) < 4.78 is 0. The van der Waals surface area contributed by atoms with Crippen molar-refractivity contribution in [3.05, 3.63) is 84.4 Å². The van der Waals surface area contributed by atoms with E-state index in [1.807, 2.05) is 42.5 Å². The zero-order chi connectivity index (χ0) is 30.6. The molecule has 0 aliphatic carbocycles. The van der Waals surface area contributed by atoms with Crippen molar-refractivity contribution in [3.63, 3.8) is 0 Å². The Morgan fingerprint density at radius 2 is 1.47 bits per heavy atom. The number of hydrogen-bond donors (Lipinski definition) is 6. The van der Waals surface area contributed by atoms with Gasteiger partial charge in [-0.3, -0.25) is 24.7 Å². The molecule has 0 spiro atoms. The van der Waals surface area contributed by atoms with E-state index in [9.17, 15) is 19.5 Å². The summed E-state index contributed by atoms with van der Waals surface area (Å²) >= 11 is 0. The van der Waals surface area contributed by atoms with Crippen molar-refractivity contribution in [1.29, 1.82) is 0 Å². The van der Waals surface area contributed by atoms with Gasteiger partial charge in [0.25, 0.3) is 0 Å². The standard InChI is InChI=1S/C33H39N5O5/c34-32(42)28(16-15-27-20-35-21-36-27)38-33(43)29(17-19-31(40)41)37-30(39)18-8-22-6-9-24(10-7-22)26-13-11-25(12-14-26)23-4-2-1-3-5-23/h1-7,9-14,21,27-30,37,39H,8,15-20H2,(H2,34,42)(H,35,36)(H,38,43)(H,40,41). The predicted octanol–water partition coefficient (Wildman–Crippen LogP) is 2.85. The van der Waals surface area contributed by atoms with E-state index in [4.69, 9.17) is 10.8 Å². The van der Waals surface area contributed by atoms with E-state index in [2.05, 4.69) is 57.3 Å². The van der Waals surface area contributed by atoms with Crippen molar-refractivity contribution in [3.8, 4) is 22.3 Å². The van der Waals surface area contributed by atoms with Crippen molar-refractivity contribution in [2.24, 2.45) is 10.7 Å². The number of aliphatic hydroxyl groups excluding tert-OH is 1. The molecule has 0 fully saturated rings. The molecule has 0 saturated heterocycles. The first-order chi connectivity index (χ1) is 20.8. The van der Waals surface area contributed by atoms with Gasteiger partial charge < -0.3 is 26.6 Å². The van der Waals surface area contributed by atoms with E-state index in [1.54, 1.807) is 6.34 Å². The summed E-state index contributed by atoms with van der Waals surface area (Å²) in [5.41, 5.74) is 11.0. The molecule has 3 aromatic carbocycles. The molecule has 4 rings (SSSR count). The Bertz CT molecular complexity index is 1370. The molecule has 0 bridgehead atoms. The molecule has 4 atom stereocenters. The second kappa shape index (κ2) is 15.6. The van der Waals surface area contributed by atoms with Crippen LogP contribution < -0.4 is 21.7 Å². The van der Waals surface area contributed by atoms with E-state index in [0.717, 1.165) is 22.3 Å². The van der Waals surface area contributed by atoms with Gasteiger partial charge >= 0.3 is 5.97 Å². The quantitative estimate of drug-likeness (QED) is 0.141. The largest absolute Gasteiger partial charge is 0.481 e. The number of aryl methyl sites for hydroxylation is 1. The number of carbonyl (C=O) groups is 3. The summed E-state index contributed by atoms with van der Waals surface area (Å²) in [7, 11) is 0. The van der Waals surface area contributed by atoms with Crippen LogP contribution in [0, 0.1) is 0 Å². The molecule has 2 amide bonds. The molecule has 10 heteroatoms. The average molecular weight is 586 g/mol. The molecule has 0 saturated carbocycles. The third kappa shape index (κ3) is 9.76. The lowest BCUT2D eigenvalue weighted by molar-refractivity contribution is -0.137. The van der Waals surface area contributed by atoms with E-state index >= 15 is 0 Å². The zero-order valence-corrected chi connectivity index (χ0v) is 24.0. The van der Waals surface area contributed by atoms with E-state index < -0.39 is 36.1 Å². The minimum atomic E-state index is -1.07. The third-order valence-corrected chi connectivity index (χ3v) is 7.53. The van der Waals surface area contributed by atoms with Crippen LogP contribution in [-0.2, 0) is 20.8 Å². The Labute approximate surface area is 251 Å². The highest BCUT2D eigenvalue weighted by Crippen LogP contribution is 2.25. The average Bonchev–Trinajstić information content (AvgIpc) is 3.54. The summed E-state index contributed by atoms with van der Waals surface area (Å²) in [6, 6.07) is 24.8. The second-order valence-corrected chi connectivity index (χ2v) is 10.7. The molecule has 4 unspecified atom stereocenters. The van der Waals surface area contributed by atoms with E-state index in [0.29, 0.717) is 32.2 Å². The van der Waals surface area contributed by atoms with E-state index in [1.165, 1.54) is 5.56 Å². The van der Waals surface area contributed by atoms with Crippen molar-refractivity contribution in [2.45, 2.75) is 62.9 Å². The van der Waals surface area contributed by atoms with Gasteiger partial charge in [0, 0.05) is 12.5 Å². The monoisotopic (exact) mass is 585 g/mol. The number of nitrogens with one attached hydrogen (secondary N) is 3. The van der Waals surface area contributed by atoms with Crippen molar-refractivity contribution in [1.82, 2.24) is 16.0 Å². The van der Waals surface area contributed by atoms with Gasteiger partial charge in [0.15, 0.2) is 0 Å². The molecule has 226 valence electrons. The summed E-state index contributed by atoms with van der Waals surface area (Å²) in [5.74, 6) is -2.33. The van der Waals surface area contributed by atoms with Crippen LogP contribution in [0.3, 0.4) is 0 Å². The van der Waals surface area contributed by atoms with Gasteiger partial charge in [0.05, 0.1) is 18.9 Å². The Balaban J connectivity index is 1.29. The first kappa shape index (κ1) is 31.4. The molecule has 10 nitrogen and oxygen atoms in total. The molecule has 0 aromatic heterocycles. The molecule has 1 heterocycles. The van der Waals surface area contributed by atoms with E-state index in [-0.39, 0.29) is 18.9 Å². The van der Waals surface area contributed by atoms with Crippen LogP contribution in [-0.4, -0.2) is 65.2 Å². The van der Waals surface area contributed by atoms with Crippen LogP contribution >= 0.6 is 0 Å². The number of aliphatic hydroxyl groups is 1. The Kier molecular flexibility index (Phi) is 11.4. The van der Waals surface area contributed by atoms with Crippen molar-refractivity contribution >= 4 is 24.1 Å². The van der Waals surface area contributed by atoms with Gasteiger partial charge in [-0.25, -0.2) is 0 Å². The highest BCUT2D eigenvalue weighted by molar-refractivity contribution is 5.89. The highest BCUT2D eigenvalue weighted by atomic mass is 16.4. The lowest BCUT2D eigenvalue weighted by atomic mass is 9.99. The number of nitrogens with two attached hydrogens (primary N) is 1. The first-order valence-corrected chi connectivity index (χ1v) is 14.5. The Morgan fingerprint density at radius 1 is 0.860 bits per heavy atom. The number of rotatable bonds is 16. The predicted molar refractivity (Wildman–Crippen MR) is 166 cm³/mol. The van der Waals surface area contributed by atoms with Crippen LogP contribution in [0.4, 0.5) is 0 Å². The first-order valence-electron chi connectivity index (χ1n) is 14.5. The van der Waals surface area contributed by atoms with Crippen LogP contribution in [0.2, 0.25) is 0 Å². The molecule has 7 N–H and O–H groups in total. The highest BCUT2D eigenvalue weighted by Gasteiger charge is 2.27. The number of hydrogen-bond acceptors (Lipinski definition) is 7. The molecular weight excluding hydrogens is 546 g/mol. The minimum absolute atomic E-state index is 0.0561. The van der Waals surface area contributed by atoms with Crippen LogP contribution in [0.15, 0.2) is 83.9 Å². The smallest absolute Gasteiger partial charge is 0.303 e. The van der Waals surface area contributed by atoms with Gasteiger partial charge in [-0.15, -0.1) is 0 Å². The molecule has 1 aliphatic heterocycles. The second-order valence-electron chi connectivity index (χ2n) is 10.7. The third-order valence-electron chi connectivity index (χ3n) is 7.53. The van der Waals surface area contributed by atoms with Crippen molar-refractivity contribution in [2.75, 3.05) is 6.54 Å². The molecule has 3 aromatic rings. The fourth-order valence-electron chi connectivity index (χ4n) is 5.02. The Hall–Kier alpha value is -4.54. The normalized spacial score (nSPS) is 16.2. The number of nitrogens with zero attached hydrogens (tertiary/aromatic N) is 1. The number of carboxylic acid groups (broad SMARTS) is 1. The number of carbonyl (C=O) groups excluding carboxylic acids is 2. The molecule has 43 heavy (non-hydrogen) atoms. The molecule has 1 aliphatic rings. The number of aliphatic carboxylic acids is 1. The summed E-state index contributed by atoms with van der Waals surface area (Å²) in [6.45, 7) is 0.582. The number of amides is 2. The van der Waals surface area contributed by atoms with Crippen LogP contribution in [0.5, 0.6) is 0 Å². The van der Waals surface area contributed by atoms with Gasteiger partial charge in [0.2, 0.25) is 11.8 Å². The van der Waals surface area contributed by atoms with Gasteiger partial charge in [-0.2, -0.15) is 0 Å². The SMILES string of the molecule is NC(=O)C(CCC1CN=CN1)NC(=O)C(CCC(=O)O)NC(O)CCc1ccc(-c2ccc(-c3ccccc3)cc2)cc1. The minimum Gasteiger partial charge on any atom is -0.481 e. The zero-order valence-electron chi connectivity index (χ0n) is 24.0. The molecule has 0 radical (unpaired) electrons. The topological polar surface area (TPSA) is 166 Å². The number of benzene rings is 3. The lowest BCUT2D eigenvalue weighted by Gasteiger charge is -2.24. The fourth-order valence-corrected chi connectivity index (χ4v) is 5.02. The maximum Gasteiger partial charge on any atom is 0.303 e. The number of aliphatic imine (C=N–C) groups is 1. The van der Waals surface area contributed by atoms with Gasteiger partial charge in [-0.05, 0) is 59.9 Å². The number of primary amides is 1. The molecular formula is C33H39N5O5. The Morgan fingerprint density at radius 3 is 2.02 bits per heavy atom. The maximum absolute atomic E-state index is 13.0. The lowest BCUT2D eigenvalue weighted by Crippen LogP contribution is -2.54. The van der Waals surface area contributed by atoms with Crippen LogP contribution in [0.25, 0.3) is 22.3 Å². The fraction of sp³-hybridized carbons (Fsp3) is 0.333. The van der Waals surface area contributed by atoms with Gasteiger partial charge in [0.1, 0.15) is 12.3 Å².